The molecule has 102 valence electrons. The van der Waals surface area contributed by atoms with Crippen LogP contribution in [-0.2, 0) is 14.4 Å². The van der Waals surface area contributed by atoms with Crippen molar-refractivity contribution in [2.75, 3.05) is 7.11 Å². The van der Waals surface area contributed by atoms with E-state index in [0.29, 0.717) is 18.6 Å². The van der Waals surface area contributed by atoms with Crippen LogP contribution in [-0.4, -0.2) is 29.4 Å². The SMILES string of the molecule is CCC1(CC)CC2(CCC(=O)CC2)N(OC)C1=O. The van der Waals surface area contributed by atoms with E-state index in [2.05, 4.69) is 13.8 Å². The lowest BCUT2D eigenvalue weighted by molar-refractivity contribution is -0.202. The molecule has 1 spiro atoms. The topological polar surface area (TPSA) is 46.6 Å². The van der Waals surface area contributed by atoms with Crippen LogP contribution in [0.2, 0.25) is 0 Å². The molecule has 1 heterocycles. The van der Waals surface area contributed by atoms with E-state index in [1.54, 1.807) is 12.2 Å². The fraction of sp³-hybridized carbons (Fsp3) is 0.857. The summed E-state index contributed by atoms with van der Waals surface area (Å²) in [5.74, 6) is 0.430. The van der Waals surface area contributed by atoms with Crippen LogP contribution in [0.4, 0.5) is 0 Å². The van der Waals surface area contributed by atoms with Gasteiger partial charge in [-0.3, -0.25) is 14.4 Å². The van der Waals surface area contributed by atoms with E-state index in [1.807, 2.05) is 0 Å². The monoisotopic (exact) mass is 253 g/mol. The predicted molar refractivity (Wildman–Crippen MR) is 67.7 cm³/mol. The normalized spacial score (nSPS) is 26.1. The first-order chi connectivity index (χ1) is 8.53. The Labute approximate surface area is 109 Å². The molecule has 0 aromatic heterocycles. The number of carbonyl (C=O) groups excluding carboxylic acids is 2. The van der Waals surface area contributed by atoms with Crippen molar-refractivity contribution in [3.05, 3.63) is 0 Å². The molecule has 1 aliphatic heterocycles. The van der Waals surface area contributed by atoms with Crippen LogP contribution in [0.1, 0.15) is 58.8 Å². The van der Waals surface area contributed by atoms with Crippen molar-refractivity contribution in [1.82, 2.24) is 5.06 Å². The lowest BCUT2D eigenvalue weighted by Gasteiger charge is -2.39. The van der Waals surface area contributed by atoms with Gasteiger partial charge in [0.15, 0.2) is 0 Å². The average Bonchev–Trinajstić information content (AvgIpc) is 2.63. The fourth-order valence-corrected chi connectivity index (χ4v) is 3.66. The highest BCUT2D eigenvalue weighted by Crippen LogP contribution is 2.52. The van der Waals surface area contributed by atoms with Crippen molar-refractivity contribution in [1.29, 1.82) is 0 Å². The summed E-state index contributed by atoms with van der Waals surface area (Å²) in [6.07, 6.45) is 5.20. The summed E-state index contributed by atoms with van der Waals surface area (Å²) in [5.41, 5.74) is -0.512. The van der Waals surface area contributed by atoms with Gasteiger partial charge in [-0.05, 0) is 32.1 Å². The van der Waals surface area contributed by atoms with E-state index in [0.717, 1.165) is 32.1 Å². The molecule has 0 atom stereocenters. The number of hydroxylamine groups is 2. The van der Waals surface area contributed by atoms with E-state index >= 15 is 0 Å². The fourth-order valence-electron chi connectivity index (χ4n) is 3.66. The van der Waals surface area contributed by atoms with E-state index in [4.69, 9.17) is 4.84 Å². The van der Waals surface area contributed by atoms with Gasteiger partial charge in [0.05, 0.1) is 18.1 Å². The Morgan fingerprint density at radius 1 is 1.17 bits per heavy atom. The first-order valence-electron chi connectivity index (χ1n) is 6.94. The minimum Gasteiger partial charge on any atom is -0.300 e. The highest BCUT2D eigenvalue weighted by atomic mass is 16.7. The molecule has 1 amide bonds. The number of amides is 1. The Kier molecular flexibility index (Phi) is 3.49. The van der Waals surface area contributed by atoms with Crippen molar-refractivity contribution in [3.8, 4) is 0 Å². The molecule has 0 N–H and O–H groups in total. The molecular weight excluding hydrogens is 230 g/mol. The molecule has 1 aliphatic carbocycles. The molecule has 0 radical (unpaired) electrons. The smallest absolute Gasteiger partial charge is 0.252 e. The Hall–Kier alpha value is -0.900. The predicted octanol–water partition coefficient (Wildman–Crippen LogP) is 2.47. The van der Waals surface area contributed by atoms with Crippen LogP contribution in [0, 0.1) is 5.41 Å². The van der Waals surface area contributed by atoms with Crippen LogP contribution >= 0.6 is 0 Å². The standard InChI is InChI=1S/C14H23NO3/c1-4-13(5-2)10-14(15(18-3)12(13)17)8-6-11(16)7-9-14/h4-10H2,1-3H3. The molecule has 4 nitrogen and oxygen atoms in total. The molecule has 0 aromatic rings. The molecule has 1 saturated carbocycles. The van der Waals surface area contributed by atoms with Gasteiger partial charge in [-0.15, -0.1) is 0 Å². The van der Waals surface area contributed by atoms with Crippen molar-refractivity contribution >= 4 is 11.7 Å². The largest absolute Gasteiger partial charge is 0.300 e. The Morgan fingerprint density at radius 2 is 1.72 bits per heavy atom. The lowest BCUT2D eigenvalue weighted by Crippen LogP contribution is -2.47. The molecule has 0 aromatic carbocycles. The maximum Gasteiger partial charge on any atom is 0.252 e. The highest BCUT2D eigenvalue weighted by Gasteiger charge is 2.58. The van der Waals surface area contributed by atoms with Gasteiger partial charge in [0.1, 0.15) is 5.78 Å². The number of hydrogen-bond donors (Lipinski definition) is 0. The number of carbonyl (C=O) groups is 2. The zero-order chi connectivity index (χ0) is 13.4. The summed E-state index contributed by atoms with van der Waals surface area (Å²) >= 11 is 0. The van der Waals surface area contributed by atoms with E-state index < -0.39 is 0 Å². The zero-order valence-corrected chi connectivity index (χ0v) is 11.6. The van der Waals surface area contributed by atoms with Gasteiger partial charge < -0.3 is 0 Å². The van der Waals surface area contributed by atoms with Crippen molar-refractivity contribution in [2.45, 2.75) is 64.3 Å². The van der Waals surface area contributed by atoms with Gasteiger partial charge in [-0.25, -0.2) is 5.06 Å². The third-order valence-corrected chi connectivity index (χ3v) is 5.01. The summed E-state index contributed by atoms with van der Waals surface area (Å²) in [6, 6.07) is 0. The van der Waals surface area contributed by atoms with Crippen molar-refractivity contribution < 1.29 is 14.4 Å². The number of ketones is 1. The van der Waals surface area contributed by atoms with Crippen LogP contribution in [0.3, 0.4) is 0 Å². The molecule has 4 heteroatoms. The molecule has 18 heavy (non-hydrogen) atoms. The minimum absolute atomic E-state index is 0.115. The van der Waals surface area contributed by atoms with Gasteiger partial charge in [-0.1, -0.05) is 13.8 Å². The number of nitrogens with zero attached hydrogens (tertiary/aromatic N) is 1. The quantitative estimate of drug-likeness (QED) is 0.776. The van der Waals surface area contributed by atoms with Crippen molar-refractivity contribution in [3.63, 3.8) is 0 Å². The summed E-state index contributed by atoms with van der Waals surface area (Å²) in [5, 5.41) is 1.59. The third kappa shape index (κ3) is 1.78. The Morgan fingerprint density at radius 3 is 2.17 bits per heavy atom. The van der Waals surface area contributed by atoms with Crippen LogP contribution < -0.4 is 0 Å². The molecule has 0 unspecified atom stereocenters. The molecule has 2 rings (SSSR count). The molecule has 0 bridgehead atoms. The second-order valence-corrected chi connectivity index (χ2v) is 5.71. The summed E-state index contributed by atoms with van der Waals surface area (Å²) in [4.78, 5) is 29.4. The van der Waals surface area contributed by atoms with Gasteiger partial charge in [0.25, 0.3) is 5.91 Å². The zero-order valence-electron chi connectivity index (χ0n) is 11.6. The third-order valence-electron chi connectivity index (χ3n) is 5.01. The van der Waals surface area contributed by atoms with Gasteiger partial charge in [0.2, 0.25) is 0 Å². The van der Waals surface area contributed by atoms with Gasteiger partial charge >= 0.3 is 0 Å². The number of hydrogen-bond acceptors (Lipinski definition) is 3. The Balaban J connectivity index is 2.31. The second kappa shape index (κ2) is 4.65. The summed E-state index contributed by atoms with van der Waals surface area (Å²) < 4.78 is 0. The molecule has 2 fully saturated rings. The molecule has 2 aliphatic rings. The van der Waals surface area contributed by atoms with Crippen LogP contribution in [0.25, 0.3) is 0 Å². The van der Waals surface area contributed by atoms with E-state index in [-0.39, 0.29) is 16.9 Å². The first kappa shape index (κ1) is 13.5. The number of Topliss-reactive ketones (excluding diaryl/α,β-unsaturated/α-hetero) is 1. The second-order valence-electron chi connectivity index (χ2n) is 5.71. The van der Waals surface area contributed by atoms with Gasteiger partial charge in [-0.2, -0.15) is 0 Å². The average molecular weight is 253 g/mol. The van der Waals surface area contributed by atoms with Gasteiger partial charge in [0, 0.05) is 12.8 Å². The highest BCUT2D eigenvalue weighted by molar-refractivity contribution is 5.86. The molecule has 1 saturated heterocycles. The lowest BCUT2D eigenvalue weighted by atomic mass is 9.71. The van der Waals surface area contributed by atoms with E-state index in [9.17, 15) is 9.59 Å². The summed E-state index contributed by atoms with van der Waals surface area (Å²) in [7, 11) is 1.57. The van der Waals surface area contributed by atoms with Crippen LogP contribution in [0.5, 0.6) is 0 Å². The minimum atomic E-state index is -0.281. The Bertz CT molecular complexity index is 350. The maximum absolute atomic E-state index is 12.6. The maximum atomic E-state index is 12.6. The van der Waals surface area contributed by atoms with Crippen molar-refractivity contribution in [2.24, 2.45) is 5.41 Å². The van der Waals surface area contributed by atoms with Crippen LogP contribution in [0.15, 0.2) is 0 Å². The number of rotatable bonds is 3. The van der Waals surface area contributed by atoms with E-state index in [1.165, 1.54) is 0 Å². The molecular formula is C14H23NO3. The first-order valence-corrected chi connectivity index (χ1v) is 6.94. The summed E-state index contributed by atoms with van der Waals surface area (Å²) in [6.45, 7) is 4.14.